The van der Waals surface area contributed by atoms with E-state index in [1.807, 2.05) is 0 Å². The Morgan fingerprint density at radius 2 is 1.28 bits per heavy atom. The summed E-state index contributed by atoms with van der Waals surface area (Å²) in [5, 5.41) is 69.1. The Balaban J connectivity index is 0. The van der Waals surface area contributed by atoms with Crippen LogP contribution in [0.5, 0.6) is 0 Å². The Bertz CT molecular complexity index is 763. The summed E-state index contributed by atoms with van der Waals surface area (Å²) in [6.07, 6.45) is 7.11. The van der Waals surface area contributed by atoms with E-state index in [0.717, 1.165) is 13.3 Å². The molecule has 1 aliphatic rings. The predicted octanol–water partition coefficient (Wildman–Crippen LogP) is -1.80. The summed E-state index contributed by atoms with van der Waals surface area (Å²) in [5.41, 5.74) is 0. The molecule has 266 valence electrons. The molecule has 1 fully saturated rings. The minimum absolute atomic E-state index is 0. The van der Waals surface area contributed by atoms with Crippen molar-refractivity contribution in [2.24, 2.45) is 0 Å². The standard InChI is InChI=1S/C18H37.C14H23NO12.Na/c1-3-5-7-9-11-13-15-17-18-16-14-12-10-8-6-4-2;1-4(18)15-7-10(22)9(21)6(3-17)26-14(7)27-13(25)12(24)11(23)8(20)5(19)2-16;/h1,3-18H2,2H3;2,5-12,14,17,19-24H,3H2,1H3,(H,15,18);/q-1;;+1/t;5-,6-,7-,8+,9-,10-,11-,12+,14?;/m.1./s1. The van der Waals surface area contributed by atoms with Gasteiger partial charge in [0.2, 0.25) is 12.2 Å². The van der Waals surface area contributed by atoms with Gasteiger partial charge in [-0.3, -0.25) is 4.79 Å². The van der Waals surface area contributed by atoms with Crippen molar-refractivity contribution in [2.45, 2.75) is 172 Å². The van der Waals surface area contributed by atoms with Gasteiger partial charge in [0.1, 0.15) is 42.7 Å². The molecule has 0 aromatic carbocycles. The van der Waals surface area contributed by atoms with Gasteiger partial charge >= 0.3 is 35.5 Å². The molecule has 1 saturated heterocycles. The minimum atomic E-state index is -2.44. The fourth-order valence-corrected chi connectivity index (χ4v) is 4.91. The summed E-state index contributed by atoms with van der Waals surface area (Å²) >= 11 is 0. The molecule has 1 heterocycles. The summed E-state index contributed by atoms with van der Waals surface area (Å²) < 4.78 is 9.84. The zero-order valence-electron chi connectivity index (χ0n) is 28.2. The van der Waals surface area contributed by atoms with Crippen LogP contribution in [0, 0.1) is 6.92 Å². The topological polar surface area (TPSA) is 223 Å². The van der Waals surface area contributed by atoms with Crippen LogP contribution < -0.4 is 34.9 Å². The average molecular weight is 674 g/mol. The number of aliphatic hydroxyl groups excluding tert-OH is 7. The Morgan fingerprint density at radius 3 is 1.67 bits per heavy atom. The Hall–Kier alpha value is -0.710. The van der Waals surface area contributed by atoms with Crippen LogP contribution in [0.15, 0.2) is 0 Å². The molecule has 13 nitrogen and oxygen atoms in total. The van der Waals surface area contributed by atoms with Crippen molar-refractivity contribution in [2.75, 3.05) is 6.61 Å². The van der Waals surface area contributed by atoms with Crippen LogP contribution in [-0.4, -0.2) is 116 Å². The van der Waals surface area contributed by atoms with E-state index < -0.39 is 73.5 Å². The first-order chi connectivity index (χ1) is 21.5. The predicted molar refractivity (Wildman–Crippen MR) is 166 cm³/mol. The van der Waals surface area contributed by atoms with E-state index >= 15 is 0 Å². The van der Waals surface area contributed by atoms with Gasteiger partial charge in [-0.05, 0) is 0 Å². The van der Waals surface area contributed by atoms with E-state index in [0.29, 0.717) is 0 Å². The molecule has 0 bridgehead atoms. The van der Waals surface area contributed by atoms with E-state index in [4.69, 9.17) is 19.7 Å². The van der Waals surface area contributed by atoms with Crippen molar-refractivity contribution < 1.29 is 89.2 Å². The first-order valence-electron chi connectivity index (χ1n) is 16.5. The monoisotopic (exact) mass is 673 g/mol. The SMILES string of the molecule is CC(=O)N[C@H]1C(OC(=O)[C@@H](O)[C@H](O)[C@@H](O)[C@H](O)C=O)O[C@H](CO)[C@@H](O)[C@@H]1O.[CH2-]CCCCCCCCCCCCCCCCC.[Na+]. The quantitative estimate of drug-likeness (QED) is 0.0198. The van der Waals surface area contributed by atoms with E-state index in [9.17, 15) is 39.9 Å². The molecule has 0 spiro atoms. The number of hydrogen-bond donors (Lipinski definition) is 8. The Labute approximate surface area is 296 Å². The molecule has 14 heteroatoms. The van der Waals surface area contributed by atoms with Crippen LogP contribution in [0.25, 0.3) is 0 Å². The molecule has 1 amide bonds. The third-order valence-corrected chi connectivity index (χ3v) is 7.74. The van der Waals surface area contributed by atoms with E-state index in [1.54, 1.807) is 0 Å². The second-order valence-electron chi connectivity index (χ2n) is 11.7. The number of carbonyl (C=O) groups is 3. The van der Waals surface area contributed by atoms with Gasteiger partial charge < -0.3 is 62.3 Å². The van der Waals surface area contributed by atoms with Gasteiger partial charge in [-0.2, -0.15) is 6.42 Å². The van der Waals surface area contributed by atoms with Crippen molar-refractivity contribution in [3.8, 4) is 0 Å². The number of esters is 1. The van der Waals surface area contributed by atoms with Gasteiger partial charge in [0, 0.05) is 6.92 Å². The van der Waals surface area contributed by atoms with Crippen LogP contribution in [0.1, 0.15) is 117 Å². The maximum Gasteiger partial charge on any atom is 1.00 e. The molecule has 0 aliphatic carbocycles. The number of rotatable bonds is 23. The molecule has 0 aromatic heterocycles. The molecule has 0 radical (unpaired) electrons. The fourth-order valence-electron chi connectivity index (χ4n) is 4.91. The molecule has 9 atom stereocenters. The molecular weight excluding hydrogens is 613 g/mol. The van der Waals surface area contributed by atoms with Gasteiger partial charge in [-0.1, -0.05) is 103 Å². The molecule has 46 heavy (non-hydrogen) atoms. The molecule has 0 saturated carbocycles. The Kier molecular flexibility index (Phi) is 30.1. The molecule has 1 aliphatic heterocycles. The van der Waals surface area contributed by atoms with E-state index in [2.05, 4.69) is 19.2 Å². The number of carbonyl (C=O) groups excluding carboxylic acids is 3. The normalized spacial score (nSPS) is 23.5. The number of aldehydes is 1. The minimum Gasteiger partial charge on any atom is -0.431 e. The van der Waals surface area contributed by atoms with Gasteiger partial charge in [-0.25, -0.2) is 4.79 Å². The van der Waals surface area contributed by atoms with Crippen molar-refractivity contribution in [3.63, 3.8) is 0 Å². The number of ether oxygens (including phenoxy) is 2. The van der Waals surface area contributed by atoms with Crippen molar-refractivity contribution in [1.29, 1.82) is 0 Å². The molecule has 8 N–H and O–H groups in total. The van der Waals surface area contributed by atoms with Gasteiger partial charge in [0.15, 0.2) is 12.4 Å². The van der Waals surface area contributed by atoms with Crippen LogP contribution in [0.2, 0.25) is 0 Å². The zero-order chi connectivity index (χ0) is 34.2. The maximum atomic E-state index is 12.0. The molecule has 1 rings (SSSR count). The molecule has 1 unspecified atom stereocenters. The first-order valence-corrected chi connectivity index (χ1v) is 16.5. The van der Waals surface area contributed by atoms with Crippen molar-refractivity contribution in [3.05, 3.63) is 6.92 Å². The van der Waals surface area contributed by atoms with Gasteiger partial charge in [0.05, 0.1) is 6.61 Å². The zero-order valence-corrected chi connectivity index (χ0v) is 30.2. The summed E-state index contributed by atoms with van der Waals surface area (Å²) in [5.74, 6) is -2.29. The smallest absolute Gasteiger partial charge is 0.431 e. The van der Waals surface area contributed by atoms with Crippen LogP contribution in [0.4, 0.5) is 0 Å². The second kappa shape index (κ2) is 29.2. The third kappa shape index (κ3) is 20.0. The number of nitrogens with one attached hydrogen (secondary N) is 1. The maximum absolute atomic E-state index is 12.0. The van der Waals surface area contributed by atoms with Crippen LogP contribution in [0.3, 0.4) is 0 Å². The first kappa shape index (κ1) is 47.4. The van der Waals surface area contributed by atoms with Crippen LogP contribution in [-0.2, 0) is 23.9 Å². The molecule has 0 aromatic rings. The number of hydrogen-bond acceptors (Lipinski definition) is 12. The summed E-state index contributed by atoms with van der Waals surface area (Å²) in [6, 6.07) is -1.49. The van der Waals surface area contributed by atoms with Gasteiger partial charge in [0.25, 0.3) is 0 Å². The van der Waals surface area contributed by atoms with Crippen molar-refractivity contribution >= 4 is 18.2 Å². The fraction of sp³-hybridized carbons (Fsp3) is 0.875. The largest absolute Gasteiger partial charge is 1.00 e. The second-order valence-corrected chi connectivity index (χ2v) is 11.7. The van der Waals surface area contributed by atoms with Crippen molar-refractivity contribution in [1.82, 2.24) is 5.32 Å². The summed E-state index contributed by atoms with van der Waals surface area (Å²) in [4.78, 5) is 33.6. The number of amides is 1. The molecular formula is C32H60NNaO12. The van der Waals surface area contributed by atoms with Crippen LogP contribution >= 0.6 is 0 Å². The average Bonchev–Trinajstić information content (AvgIpc) is 3.03. The van der Waals surface area contributed by atoms with Gasteiger partial charge in [-0.15, -0.1) is 0 Å². The number of unbranched alkanes of at least 4 members (excludes halogenated alkanes) is 15. The van der Waals surface area contributed by atoms with E-state index in [-0.39, 0.29) is 35.8 Å². The Morgan fingerprint density at radius 1 is 0.826 bits per heavy atom. The third-order valence-electron chi connectivity index (χ3n) is 7.74. The summed E-state index contributed by atoms with van der Waals surface area (Å²) in [6.45, 7) is 6.45. The summed E-state index contributed by atoms with van der Waals surface area (Å²) in [7, 11) is 0. The van der Waals surface area contributed by atoms with E-state index in [1.165, 1.54) is 96.3 Å². The number of aliphatic hydroxyl groups is 7.